The van der Waals surface area contributed by atoms with E-state index in [1.165, 1.54) is 25.3 Å². The molecule has 4 fully saturated rings. The average molecular weight is 668 g/mol. The molecule has 4 aliphatic rings. The summed E-state index contributed by atoms with van der Waals surface area (Å²) in [5.41, 5.74) is 5.97. The molecule has 0 unspecified atom stereocenters. The van der Waals surface area contributed by atoms with Crippen LogP contribution in [0, 0.1) is 29.4 Å². The van der Waals surface area contributed by atoms with E-state index in [0.717, 1.165) is 53.1 Å². The lowest BCUT2D eigenvalue weighted by molar-refractivity contribution is -0.00612. The smallest absolute Gasteiger partial charge is 0.152 e. The minimum atomic E-state index is -0.786. The van der Waals surface area contributed by atoms with E-state index in [0.29, 0.717) is 34.6 Å². The lowest BCUT2D eigenvalue weighted by Crippen LogP contribution is -2.48. The molecule has 5 aromatic carbocycles. The summed E-state index contributed by atoms with van der Waals surface area (Å²) < 4.78 is 36.7. The largest absolute Gasteiger partial charge is 0.507 e. The summed E-state index contributed by atoms with van der Waals surface area (Å²) in [4.78, 5) is 4.72. The van der Waals surface area contributed by atoms with E-state index in [9.17, 15) is 5.11 Å². The highest BCUT2D eigenvalue weighted by Gasteiger charge is 2.52. The molecule has 4 aliphatic carbocycles. The highest BCUT2D eigenvalue weighted by molar-refractivity contribution is 5.92. The second-order valence-corrected chi connectivity index (χ2v) is 15.5. The molecule has 0 radical (unpaired) electrons. The van der Waals surface area contributed by atoms with Crippen LogP contribution in [0.15, 0.2) is 108 Å². The average Bonchev–Trinajstić information content (AvgIpc) is 3.11. The summed E-state index contributed by atoms with van der Waals surface area (Å²) in [6.45, 7) is 4.26. The third-order valence-electron chi connectivity index (χ3n) is 11.9. The van der Waals surface area contributed by atoms with E-state index in [1.54, 1.807) is 13.3 Å². The first-order chi connectivity index (χ1) is 24.1. The van der Waals surface area contributed by atoms with Crippen molar-refractivity contribution in [2.75, 3.05) is 7.11 Å². The number of aromatic hydroxyl groups is 1. The lowest BCUT2D eigenvalue weighted by Gasteiger charge is -2.57. The Bertz CT molecular complexity index is 2050. The van der Waals surface area contributed by atoms with Crippen molar-refractivity contribution in [3.05, 3.63) is 137 Å². The molecular formula is C45H43F2NO2. The van der Waals surface area contributed by atoms with E-state index < -0.39 is 17.0 Å². The lowest BCUT2D eigenvalue weighted by atomic mass is 9.48. The number of rotatable bonds is 8. The van der Waals surface area contributed by atoms with Gasteiger partial charge in [-0.1, -0.05) is 80.6 Å². The van der Waals surface area contributed by atoms with Crippen LogP contribution in [-0.2, 0) is 10.8 Å². The SMILES string of the molecule is COc1ccc(C(C)(C)c2ccccc2)cc1-c1cc(F)cc(F)c1N=Cc1cc(-c2ccccc2)cc(C23CC4CC(CC(C4)C2)C3)c1O. The molecule has 0 spiro atoms. The van der Waals surface area contributed by atoms with Crippen molar-refractivity contribution in [1.29, 1.82) is 0 Å². The highest BCUT2D eigenvalue weighted by atomic mass is 19.1. The number of phenols is 1. The first-order valence-corrected chi connectivity index (χ1v) is 17.8. The first-order valence-electron chi connectivity index (χ1n) is 17.8. The number of benzene rings is 5. The van der Waals surface area contributed by atoms with Gasteiger partial charge in [0.1, 0.15) is 23.0 Å². The van der Waals surface area contributed by atoms with Gasteiger partial charge in [0.15, 0.2) is 5.82 Å². The third kappa shape index (κ3) is 5.71. The van der Waals surface area contributed by atoms with Crippen LogP contribution in [-0.4, -0.2) is 18.4 Å². The van der Waals surface area contributed by atoms with E-state index in [4.69, 9.17) is 9.73 Å². The molecule has 0 amide bonds. The van der Waals surface area contributed by atoms with Gasteiger partial charge < -0.3 is 9.84 Å². The molecule has 0 aliphatic heterocycles. The van der Waals surface area contributed by atoms with Crippen molar-refractivity contribution in [3.8, 4) is 33.8 Å². The number of hydrogen-bond donors (Lipinski definition) is 1. The fourth-order valence-electron chi connectivity index (χ4n) is 9.76. The molecule has 0 saturated heterocycles. The topological polar surface area (TPSA) is 41.8 Å². The van der Waals surface area contributed by atoms with Gasteiger partial charge in [0.2, 0.25) is 0 Å². The number of nitrogens with zero attached hydrogens (tertiary/aromatic N) is 1. The summed E-state index contributed by atoms with van der Waals surface area (Å²) in [5, 5.41) is 12.0. The second-order valence-electron chi connectivity index (χ2n) is 15.5. The molecule has 0 atom stereocenters. The fraction of sp³-hybridized carbons (Fsp3) is 0.311. The number of aliphatic imine (C=N–C) groups is 1. The van der Waals surface area contributed by atoms with Crippen molar-refractivity contribution in [3.63, 3.8) is 0 Å². The van der Waals surface area contributed by atoms with Crippen molar-refractivity contribution < 1.29 is 18.6 Å². The molecule has 4 bridgehead atoms. The Labute approximate surface area is 293 Å². The zero-order valence-corrected chi connectivity index (χ0v) is 28.9. The number of phenolic OH excluding ortho intramolecular Hbond substituents is 1. The minimum absolute atomic E-state index is 0.0137. The Morgan fingerprint density at radius 3 is 2.02 bits per heavy atom. The molecule has 9 rings (SSSR count). The molecule has 50 heavy (non-hydrogen) atoms. The van der Waals surface area contributed by atoms with Gasteiger partial charge >= 0.3 is 0 Å². The standard InChI is InChI=1S/C45H43F2NO2/c1-44(2,34-12-8-5-9-13-34)35-14-15-41(50-3)37(21-35)38-22-36(46)23-40(47)42(38)48-27-33-19-32(31-10-6-4-7-11-31)20-39(43(33)49)45-24-28-16-29(25-45)18-30(17-28)26-45/h4-15,19-23,27-30,49H,16-18,24-26H2,1-3H3. The number of hydrogen-bond acceptors (Lipinski definition) is 3. The molecule has 254 valence electrons. The van der Waals surface area contributed by atoms with Crippen LogP contribution >= 0.6 is 0 Å². The molecule has 1 N–H and O–H groups in total. The Morgan fingerprint density at radius 1 is 0.740 bits per heavy atom. The summed E-state index contributed by atoms with van der Waals surface area (Å²) in [6.07, 6.45) is 8.72. The maximum absolute atomic E-state index is 15.9. The van der Waals surface area contributed by atoms with Crippen molar-refractivity contribution in [2.45, 2.75) is 63.2 Å². The van der Waals surface area contributed by atoms with E-state index in [-0.39, 0.29) is 22.4 Å². The number of methoxy groups -OCH3 is 1. The molecule has 5 heteroatoms. The number of ether oxygens (including phenoxy) is 1. The molecular weight excluding hydrogens is 624 g/mol. The Balaban J connectivity index is 1.26. The zero-order chi connectivity index (χ0) is 34.6. The monoisotopic (exact) mass is 667 g/mol. The third-order valence-corrected chi connectivity index (χ3v) is 11.9. The molecule has 3 nitrogen and oxygen atoms in total. The van der Waals surface area contributed by atoms with Gasteiger partial charge in [0.25, 0.3) is 0 Å². The van der Waals surface area contributed by atoms with Crippen molar-refractivity contribution >= 4 is 11.9 Å². The first kappa shape index (κ1) is 32.4. The molecule has 4 saturated carbocycles. The van der Waals surface area contributed by atoms with Gasteiger partial charge in [-0.2, -0.15) is 0 Å². The van der Waals surface area contributed by atoms with Crippen LogP contribution in [0.1, 0.15) is 74.6 Å². The summed E-state index contributed by atoms with van der Waals surface area (Å²) in [6, 6.07) is 32.4. The maximum Gasteiger partial charge on any atom is 0.152 e. The fourth-order valence-corrected chi connectivity index (χ4v) is 9.76. The Kier molecular flexibility index (Phi) is 8.13. The van der Waals surface area contributed by atoms with Crippen LogP contribution < -0.4 is 4.74 Å². The quantitative estimate of drug-likeness (QED) is 0.167. The van der Waals surface area contributed by atoms with Gasteiger partial charge in [0.05, 0.1) is 7.11 Å². The van der Waals surface area contributed by atoms with Gasteiger partial charge in [-0.15, -0.1) is 0 Å². The van der Waals surface area contributed by atoms with Crippen molar-refractivity contribution in [1.82, 2.24) is 0 Å². The van der Waals surface area contributed by atoms with E-state index in [1.807, 2.05) is 60.7 Å². The van der Waals surface area contributed by atoms with E-state index >= 15 is 8.78 Å². The van der Waals surface area contributed by atoms with Crippen LogP contribution in [0.2, 0.25) is 0 Å². The van der Waals surface area contributed by atoms with Gasteiger partial charge in [-0.05, 0) is 114 Å². The van der Waals surface area contributed by atoms with Gasteiger partial charge in [0, 0.05) is 39.9 Å². The molecule has 5 aromatic rings. The Morgan fingerprint density at radius 2 is 1.38 bits per heavy atom. The van der Waals surface area contributed by atoms with E-state index in [2.05, 4.69) is 44.2 Å². The predicted molar refractivity (Wildman–Crippen MR) is 198 cm³/mol. The van der Waals surface area contributed by atoms with Crippen molar-refractivity contribution in [2.24, 2.45) is 22.7 Å². The van der Waals surface area contributed by atoms with Crippen LogP contribution in [0.3, 0.4) is 0 Å². The highest BCUT2D eigenvalue weighted by Crippen LogP contribution is 2.62. The minimum Gasteiger partial charge on any atom is -0.507 e. The Hall–Kier alpha value is -4.77. The second kappa shape index (κ2) is 12.5. The van der Waals surface area contributed by atoms with Gasteiger partial charge in [-0.3, -0.25) is 4.99 Å². The molecule has 0 heterocycles. The summed E-state index contributed by atoms with van der Waals surface area (Å²) >= 11 is 0. The summed E-state index contributed by atoms with van der Waals surface area (Å²) in [7, 11) is 1.55. The zero-order valence-electron chi connectivity index (χ0n) is 28.9. The normalized spacial score (nSPS) is 22.7. The maximum atomic E-state index is 15.9. The summed E-state index contributed by atoms with van der Waals surface area (Å²) in [5.74, 6) is 1.31. The van der Waals surface area contributed by atoms with Crippen LogP contribution in [0.4, 0.5) is 14.5 Å². The van der Waals surface area contributed by atoms with Crippen LogP contribution in [0.5, 0.6) is 11.5 Å². The number of halogens is 2. The predicted octanol–water partition coefficient (Wildman–Crippen LogP) is 11.6. The van der Waals surface area contributed by atoms with Gasteiger partial charge in [-0.25, -0.2) is 8.78 Å². The molecule has 0 aromatic heterocycles. The van der Waals surface area contributed by atoms with Crippen LogP contribution in [0.25, 0.3) is 22.3 Å².